The fourth-order valence-electron chi connectivity index (χ4n) is 4.72. The van der Waals surface area contributed by atoms with Gasteiger partial charge in [0, 0.05) is 23.7 Å². The van der Waals surface area contributed by atoms with Crippen LogP contribution in [0.1, 0.15) is 103 Å². The van der Waals surface area contributed by atoms with Crippen molar-refractivity contribution in [3.05, 3.63) is 70.9 Å². The van der Waals surface area contributed by atoms with Crippen LogP contribution in [0.2, 0.25) is 0 Å². The molecule has 0 aliphatic carbocycles. The summed E-state index contributed by atoms with van der Waals surface area (Å²) in [5.74, 6) is 1.20. The van der Waals surface area contributed by atoms with Crippen molar-refractivity contribution in [1.82, 2.24) is 14.7 Å². The molecule has 0 atom stereocenters. The molecule has 3 amide bonds. The van der Waals surface area contributed by atoms with Crippen LogP contribution in [-0.2, 0) is 10.2 Å². The molecular weight excluding hydrogens is 510 g/mol. The van der Waals surface area contributed by atoms with Gasteiger partial charge >= 0.3 is 6.03 Å². The zero-order chi connectivity index (χ0) is 30.5. The molecule has 2 N–H and O–H groups in total. The maximum absolute atomic E-state index is 13.7. The maximum atomic E-state index is 13.7. The van der Waals surface area contributed by atoms with Gasteiger partial charge in [-0.15, -0.1) is 0 Å². The molecule has 0 saturated heterocycles. The molecule has 0 unspecified atom stereocenters. The van der Waals surface area contributed by atoms with Crippen LogP contribution in [0.4, 0.5) is 16.3 Å². The third-order valence-corrected chi connectivity index (χ3v) is 7.29. The van der Waals surface area contributed by atoms with Crippen molar-refractivity contribution in [3.8, 4) is 5.69 Å². The summed E-state index contributed by atoms with van der Waals surface area (Å²) < 4.78 is 1.79. The zero-order valence-electron chi connectivity index (χ0n) is 26.6. The molecule has 41 heavy (non-hydrogen) atoms. The average molecular weight is 560 g/mol. The first-order valence-corrected chi connectivity index (χ1v) is 14.8. The SMILES string of the molecule is Cc1ccccc1-n1nc(C(C)(C)C)cc1NC(=O)CN(CCC(C)C)C(=O)Nc1c(C(C)C)cccc1C(C)C. The third-order valence-electron chi connectivity index (χ3n) is 7.29. The number of carbonyl (C=O) groups excluding carboxylic acids is 2. The standard InChI is InChI=1S/C34H49N5O2/c1-22(2)18-19-38(33(41)36-32-26(23(3)4)15-13-16-27(32)24(5)6)21-31(40)35-30-20-29(34(8,9)10)37-39(30)28-17-12-11-14-25(28)7/h11-17,20,22-24H,18-19,21H2,1-10H3,(H,35,40)(H,36,41). The molecule has 0 bridgehead atoms. The number of urea groups is 1. The summed E-state index contributed by atoms with van der Waals surface area (Å²) in [4.78, 5) is 28.9. The van der Waals surface area contributed by atoms with Crippen molar-refractivity contribution >= 4 is 23.4 Å². The molecule has 3 aromatic rings. The number of rotatable bonds is 10. The lowest BCUT2D eigenvalue weighted by Gasteiger charge is -2.26. The molecule has 7 heteroatoms. The summed E-state index contributed by atoms with van der Waals surface area (Å²) in [5, 5.41) is 11.1. The second-order valence-corrected chi connectivity index (χ2v) is 13.1. The fraction of sp³-hybridized carbons (Fsp3) is 0.500. The van der Waals surface area contributed by atoms with Gasteiger partial charge in [-0.25, -0.2) is 9.48 Å². The Bertz CT molecular complexity index is 1320. The van der Waals surface area contributed by atoms with Crippen LogP contribution in [0, 0.1) is 12.8 Å². The third kappa shape index (κ3) is 8.21. The Balaban J connectivity index is 1.91. The Labute approximate surface area is 246 Å². The second-order valence-electron chi connectivity index (χ2n) is 13.1. The van der Waals surface area contributed by atoms with E-state index in [4.69, 9.17) is 5.10 Å². The van der Waals surface area contributed by atoms with E-state index < -0.39 is 0 Å². The van der Waals surface area contributed by atoms with E-state index in [9.17, 15) is 9.59 Å². The topological polar surface area (TPSA) is 79.3 Å². The number of hydrogen-bond donors (Lipinski definition) is 2. The molecule has 0 aliphatic heterocycles. The van der Waals surface area contributed by atoms with Crippen LogP contribution < -0.4 is 10.6 Å². The van der Waals surface area contributed by atoms with Crippen molar-refractivity contribution in [2.75, 3.05) is 23.7 Å². The van der Waals surface area contributed by atoms with Crippen LogP contribution in [0.25, 0.3) is 5.69 Å². The van der Waals surface area contributed by atoms with Crippen molar-refractivity contribution in [2.45, 2.75) is 92.9 Å². The average Bonchev–Trinajstić information content (AvgIpc) is 3.30. The number of benzene rings is 2. The van der Waals surface area contributed by atoms with Gasteiger partial charge in [0.05, 0.1) is 11.4 Å². The van der Waals surface area contributed by atoms with E-state index in [2.05, 4.69) is 85.1 Å². The largest absolute Gasteiger partial charge is 0.322 e. The van der Waals surface area contributed by atoms with Gasteiger partial charge in [0.1, 0.15) is 12.4 Å². The number of amides is 3. The quantitative estimate of drug-likeness (QED) is 0.262. The summed E-state index contributed by atoms with van der Waals surface area (Å²) in [6, 6.07) is 15.8. The van der Waals surface area contributed by atoms with Gasteiger partial charge in [-0.05, 0) is 53.9 Å². The second kappa shape index (κ2) is 13.4. The predicted octanol–water partition coefficient (Wildman–Crippen LogP) is 8.24. The van der Waals surface area contributed by atoms with Gasteiger partial charge in [-0.3, -0.25) is 4.79 Å². The zero-order valence-corrected chi connectivity index (χ0v) is 26.6. The van der Waals surface area contributed by atoms with Crippen molar-refractivity contribution < 1.29 is 9.59 Å². The number of hydrogen-bond acceptors (Lipinski definition) is 3. The maximum Gasteiger partial charge on any atom is 0.322 e. The normalized spacial score (nSPS) is 11.8. The summed E-state index contributed by atoms with van der Waals surface area (Å²) in [5.41, 5.74) is 5.66. The molecule has 0 radical (unpaired) electrons. The van der Waals surface area contributed by atoms with Crippen molar-refractivity contribution in [2.24, 2.45) is 5.92 Å². The highest BCUT2D eigenvalue weighted by Gasteiger charge is 2.25. The highest BCUT2D eigenvalue weighted by Crippen LogP contribution is 2.33. The Morgan fingerprint density at radius 2 is 1.51 bits per heavy atom. The number of aryl methyl sites for hydroxylation is 1. The van der Waals surface area contributed by atoms with Gasteiger partial charge in [-0.2, -0.15) is 5.10 Å². The Morgan fingerprint density at radius 1 is 0.902 bits per heavy atom. The molecule has 1 aromatic heterocycles. The van der Waals surface area contributed by atoms with Crippen molar-refractivity contribution in [3.63, 3.8) is 0 Å². The highest BCUT2D eigenvalue weighted by atomic mass is 16.2. The predicted molar refractivity (Wildman–Crippen MR) is 170 cm³/mol. The lowest BCUT2D eigenvalue weighted by atomic mass is 9.92. The minimum Gasteiger partial charge on any atom is -0.315 e. The number of carbonyl (C=O) groups is 2. The first-order valence-electron chi connectivity index (χ1n) is 14.8. The van der Waals surface area contributed by atoms with E-state index in [-0.39, 0.29) is 35.7 Å². The van der Waals surface area contributed by atoms with E-state index in [1.807, 2.05) is 43.3 Å². The van der Waals surface area contributed by atoms with Crippen LogP contribution in [0.15, 0.2) is 48.5 Å². The molecule has 7 nitrogen and oxygen atoms in total. The van der Waals surface area contributed by atoms with Gasteiger partial charge in [-0.1, -0.05) is 98.7 Å². The van der Waals surface area contributed by atoms with E-state index in [1.165, 1.54) is 0 Å². The lowest BCUT2D eigenvalue weighted by Crippen LogP contribution is -2.42. The summed E-state index contributed by atoms with van der Waals surface area (Å²) in [6.07, 6.45) is 0.791. The molecule has 2 aromatic carbocycles. The first kappa shape index (κ1) is 31.9. The van der Waals surface area contributed by atoms with Gasteiger partial charge in [0.15, 0.2) is 0 Å². The first-order chi connectivity index (χ1) is 19.2. The molecule has 0 fully saturated rings. The number of anilines is 2. The smallest absolute Gasteiger partial charge is 0.315 e. The van der Waals surface area contributed by atoms with Gasteiger partial charge in [0.2, 0.25) is 5.91 Å². The molecule has 222 valence electrons. The molecule has 3 rings (SSSR count). The Morgan fingerprint density at radius 3 is 2.05 bits per heavy atom. The highest BCUT2D eigenvalue weighted by molar-refractivity contribution is 5.97. The lowest BCUT2D eigenvalue weighted by molar-refractivity contribution is -0.116. The molecule has 0 aliphatic rings. The molecule has 0 spiro atoms. The van der Waals surface area contributed by atoms with Crippen LogP contribution >= 0.6 is 0 Å². The summed E-state index contributed by atoms with van der Waals surface area (Å²) in [7, 11) is 0. The summed E-state index contributed by atoms with van der Waals surface area (Å²) in [6.45, 7) is 21.5. The van der Waals surface area contributed by atoms with Gasteiger partial charge in [0.25, 0.3) is 0 Å². The number of nitrogens with one attached hydrogen (secondary N) is 2. The number of aromatic nitrogens is 2. The van der Waals surface area contributed by atoms with Gasteiger partial charge < -0.3 is 15.5 Å². The van der Waals surface area contributed by atoms with E-state index >= 15 is 0 Å². The number of nitrogens with zero attached hydrogens (tertiary/aromatic N) is 3. The van der Waals surface area contributed by atoms with E-state index in [1.54, 1.807) is 9.58 Å². The number of para-hydroxylation sites is 2. The minimum atomic E-state index is -0.265. The molecule has 1 heterocycles. The Hall–Kier alpha value is -3.61. The summed E-state index contributed by atoms with van der Waals surface area (Å²) >= 11 is 0. The molecule has 0 saturated carbocycles. The van der Waals surface area contributed by atoms with E-state index in [0.29, 0.717) is 18.3 Å². The Kier molecular flexibility index (Phi) is 10.4. The van der Waals surface area contributed by atoms with Crippen molar-refractivity contribution in [1.29, 1.82) is 0 Å². The minimum absolute atomic E-state index is 0.0663. The molecular formula is C34H49N5O2. The van der Waals surface area contributed by atoms with Crippen LogP contribution in [-0.4, -0.2) is 39.7 Å². The monoisotopic (exact) mass is 559 g/mol. The van der Waals surface area contributed by atoms with Crippen LogP contribution in [0.5, 0.6) is 0 Å². The van der Waals surface area contributed by atoms with E-state index in [0.717, 1.165) is 40.2 Å². The fourth-order valence-corrected chi connectivity index (χ4v) is 4.72. The van der Waals surface area contributed by atoms with Crippen LogP contribution in [0.3, 0.4) is 0 Å².